The number of piperazine rings is 1. The third-order valence-corrected chi connectivity index (χ3v) is 4.89. The number of hydrogen-bond acceptors (Lipinski definition) is 3. The molecule has 1 saturated heterocycles. The second-order valence-corrected chi connectivity index (χ2v) is 6.69. The molecule has 0 aromatic heterocycles. The Morgan fingerprint density at radius 2 is 1.54 bits per heavy atom. The molecule has 2 aromatic carbocycles. The highest BCUT2D eigenvalue weighted by atomic mass is 19.1. The predicted octanol–water partition coefficient (Wildman–Crippen LogP) is 3.06. The summed E-state index contributed by atoms with van der Waals surface area (Å²) in [5.41, 5.74) is 0.712. The standard InChI is InChI=1S/C21H23F2N3O2/c1-16(27)26(21-18(22)8-5-9-19(21)23)11-10-20(28)25-14-12-24(13-15-25)17-6-3-2-4-7-17/h2-9H,10-15H2,1H3. The summed E-state index contributed by atoms with van der Waals surface area (Å²) in [6.07, 6.45) is 0.0126. The number of carbonyl (C=O) groups excluding carboxylic acids is 2. The molecule has 2 aromatic rings. The Morgan fingerprint density at radius 1 is 0.929 bits per heavy atom. The summed E-state index contributed by atoms with van der Waals surface area (Å²) in [6.45, 7) is 3.74. The number of nitrogens with zero attached hydrogens (tertiary/aromatic N) is 3. The highest BCUT2D eigenvalue weighted by Gasteiger charge is 2.24. The lowest BCUT2D eigenvalue weighted by Gasteiger charge is -2.36. The second kappa shape index (κ2) is 8.82. The molecule has 28 heavy (non-hydrogen) atoms. The molecular formula is C21H23F2N3O2. The van der Waals surface area contributed by atoms with Crippen molar-refractivity contribution in [2.45, 2.75) is 13.3 Å². The molecule has 0 aliphatic carbocycles. The summed E-state index contributed by atoms with van der Waals surface area (Å²) in [6, 6.07) is 13.4. The van der Waals surface area contributed by atoms with E-state index < -0.39 is 23.2 Å². The van der Waals surface area contributed by atoms with Gasteiger partial charge in [0, 0.05) is 51.8 Å². The Bertz CT molecular complexity index is 817. The lowest BCUT2D eigenvalue weighted by atomic mass is 10.2. The van der Waals surface area contributed by atoms with Crippen molar-refractivity contribution in [3.63, 3.8) is 0 Å². The number of amides is 2. The first kappa shape index (κ1) is 19.8. The lowest BCUT2D eigenvalue weighted by molar-refractivity contribution is -0.131. The molecule has 5 nitrogen and oxygen atoms in total. The third-order valence-electron chi connectivity index (χ3n) is 4.89. The summed E-state index contributed by atoms with van der Waals surface area (Å²) < 4.78 is 28.0. The van der Waals surface area contributed by atoms with Crippen LogP contribution >= 0.6 is 0 Å². The van der Waals surface area contributed by atoms with Crippen LogP contribution in [0.4, 0.5) is 20.2 Å². The van der Waals surface area contributed by atoms with E-state index in [1.54, 1.807) is 4.90 Å². The smallest absolute Gasteiger partial charge is 0.224 e. The van der Waals surface area contributed by atoms with Crippen LogP contribution in [0, 0.1) is 11.6 Å². The molecular weight excluding hydrogens is 364 g/mol. The van der Waals surface area contributed by atoms with Crippen LogP contribution in [-0.4, -0.2) is 49.4 Å². The van der Waals surface area contributed by atoms with Crippen LogP contribution in [0.15, 0.2) is 48.5 Å². The average molecular weight is 387 g/mol. The maximum atomic E-state index is 14.0. The Kier molecular flexibility index (Phi) is 6.23. The van der Waals surface area contributed by atoms with Crippen LogP contribution in [0.5, 0.6) is 0 Å². The molecule has 1 heterocycles. The molecule has 7 heteroatoms. The van der Waals surface area contributed by atoms with Gasteiger partial charge in [-0.2, -0.15) is 0 Å². The number of hydrogen-bond donors (Lipinski definition) is 0. The van der Waals surface area contributed by atoms with Crippen LogP contribution in [0.1, 0.15) is 13.3 Å². The van der Waals surface area contributed by atoms with Gasteiger partial charge in [-0.15, -0.1) is 0 Å². The molecule has 0 saturated carbocycles. The highest BCUT2D eigenvalue weighted by Crippen LogP contribution is 2.24. The minimum Gasteiger partial charge on any atom is -0.368 e. The number of carbonyl (C=O) groups is 2. The molecule has 1 aliphatic rings. The number of rotatable bonds is 5. The van der Waals surface area contributed by atoms with Crippen molar-refractivity contribution in [2.75, 3.05) is 42.5 Å². The molecule has 0 bridgehead atoms. The lowest BCUT2D eigenvalue weighted by Crippen LogP contribution is -2.49. The van der Waals surface area contributed by atoms with Gasteiger partial charge in [-0.1, -0.05) is 24.3 Å². The van der Waals surface area contributed by atoms with Crippen LogP contribution in [-0.2, 0) is 9.59 Å². The van der Waals surface area contributed by atoms with Gasteiger partial charge in [-0.25, -0.2) is 8.78 Å². The Labute approximate surface area is 163 Å². The van der Waals surface area contributed by atoms with Gasteiger partial charge in [0.2, 0.25) is 11.8 Å². The van der Waals surface area contributed by atoms with Gasteiger partial charge in [0.15, 0.2) is 0 Å². The summed E-state index contributed by atoms with van der Waals surface area (Å²) >= 11 is 0. The van der Waals surface area contributed by atoms with Gasteiger partial charge < -0.3 is 14.7 Å². The van der Waals surface area contributed by atoms with E-state index in [-0.39, 0.29) is 18.9 Å². The van der Waals surface area contributed by atoms with Crippen molar-refractivity contribution in [1.29, 1.82) is 0 Å². The van der Waals surface area contributed by atoms with E-state index in [1.165, 1.54) is 13.0 Å². The van der Waals surface area contributed by atoms with E-state index in [4.69, 9.17) is 0 Å². The minimum atomic E-state index is -0.820. The van der Waals surface area contributed by atoms with Crippen molar-refractivity contribution in [2.24, 2.45) is 0 Å². The molecule has 148 valence electrons. The van der Waals surface area contributed by atoms with Gasteiger partial charge in [0.1, 0.15) is 17.3 Å². The van der Waals surface area contributed by atoms with Crippen molar-refractivity contribution >= 4 is 23.2 Å². The summed E-state index contributed by atoms with van der Waals surface area (Å²) in [4.78, 5) is 29.4. The highest BCUT2D eigenvalue weighted by molar-refractivity contribution is 5.92. The average Bonchev–Trinajstić information content (AvgIpc) is 2.70. The number of halogens is 2. The second-order valence-electron chi connectivity index (χ2n) is 6.69. The minimum absolute atomic E-state index is 0.0126. The van der Waals surface area contributed by atoms with Gasteiger partial charge in [0.05, 0.1) is 0 Å². The molecule has 0 atom stereocenters. The molecule has 0 unspecified atom stereocenters. The van der Waals surface area contributed by atoms with Crippen LogP contribution in [0.2, 0.25) is 0 Å². The van der Waals surface area contributed by atoms with E-state index in [2.05, 4.69) is 4.90 Å². The quantitative estimate of drug-likeness (QED) is 0.792. The zero-order valence-corrected chi connectivity index (χ0v) is 15.8. The fraction of sp³-hybridized carbons (Fsp3) is 0.333. The normalized spacial score (nSPS) is 14.1. The third kappa shape index (κ3) is 4.47. The molecule has 3 rings (SSSR count). The van der Waals surface area contributed by atoms with E-state index in [9.17, 15) is 18.4 Å². The maximum Gasteiger partial charge on any atom is 0.224 e. The van der Waals surface area contributed by atoms with Crippen molar-refractivity contribution in [3.8, 4) is 0 Å². The Hall–Kier alpha value is -2.96. The largest absolute Gasteiger partial charge is 0.368 e. The summed E-state index contributed by atoms with van der Waals surface area (Å²) in [5.74, 6) is -2.28. The van der Waals surface area contributed by atoms with E-state index in [0.717, 1.165) is 22.7 Å². The van der Waals surface area contributed by atoms with Gasteiger partial charge in [0.25, 0.3) is 0 Å². The molecule has 0 radical (unpaired) electrons. The van der Waals surface area contributed by atoms with E-state index >= 15 is 0 Å². The molecule has 0 N–H and O–H groups in total. The van der Waals surface area contributed by atoms with Crippen molar-refractivity contribution in [1.82, 2.24) is 4.90 Å². The van der Waals surface area contributed by atoms with Crippen molar-refractivity contribution in [3.05, 3.63) is 60.2 Å². The summed E-state index contributed by atoms with van der Waals surface area (Å²) in [5, 5.41) is 0. The molecule has 1 aliphatic heterocycles. The number of anilines is 2. The first-order chi connectivity index (χ1) is 13.5. The van der Waals surface area contributed by atoms with E-state index in [0.29, 0.717) is 26.2 Å². The van der Waals surface area contributed by atoms with Crippen LogP contribution < -0.4 is 9.80 Å². The maximum absolute atomic E-state index is 14.0. The molecule has 2 amide bonds. The first-order valence-corrected chi connectivity index (χ1v) is 9.27. The SMILES string of the molecule is CC(=O)N(CCC(=O)N1CCN(c2ccccc2)CC1)c1c(F)cccc1F. The molecule has 1 fully saturated rings. The first-order valence-electron chi connectivity index (χ1n) is 9.27. The zero-order valence-electron chi connectivity index (χ0n) is 15.8. The number of benzene rings is 2. The number of para-hydroxylation sites is 2. The van der Waals surface area contributed by atoms with Crippen LogP contribution in [0.25, 0.3) is 0 Å². The zero-order chi connectivity index (χ0) is 20.1. The fourth-order valence-electron chi connectivity index (χ4n) is 3.39. The van der Waals surface area contributed by atoms with Gasteiger partial charge in [-0.3, -0.25) is 9.59 Å². The topological polar surface area (TPSA) is 43.9 Å². The fourth-order valence-corrected chi connectivity index (χ4v) is 3.39. The van der Waals surface area contributed by atoms with Gasteiger partial charge in [-0.05, 0) is 24.3 Å². The van der Waals surface area contributed by atoms with Crippen molar-refractivity contribution < 1.29 is 18.4 Å². The molecule has 0 spiro atoms. The predicted molar refractivity (Wildman–Crippen MR) is 104 cm³/mol. The monoisotopic (exact) mass is 387 g/mol. The Balaban J connectivity index is 1.58. The summed E-state index contributed by atoms with van der Waals surface area (Å²) in [7, 11) is 0. The van der Waals surface area contributed by atoms with E-state index in [1.807, 2.05) is 30.3 Å². The van der Waals surface area contributed by atoms with Gasteiger partial charge >= 0.3 is 0 Å². The Morgan fingerprint density at radius 3 is 2.11 bits per heavy atom. The van der Waals surface area contributed by atoms with Crippen LogP contribution in [0.3, 0.4) is 0 Å².